The fourth-order valence-corrected chi connectivity index (χ4v) is 3.95. The Balaban J connectivity index is 1.72. The van der Waals surface area contributed by atoms with Gasteiger partial charge in [0.2, 0.25) is 15.9 Å². The molecule has 1 heterocycles. The first kappa shape index (κ1) is 19.2. The van der Waals surface area contributed by atoms with Gasteiger partial charge in [0, 0.05) is 29.1 Å². The van der Waals surface area contributed by atoms with E-state index >= 15 is 0 Å². The van der Waals surface area contributed by atoms with E-state index in [2.05, 4.69) is 5.32 Å². The number of carbonyl (C=O) groups is 1. The van der Waals surface area contributed by atoms with E-state index < -0.39 is 10.0 Å². The third kappa shape index (κ3) is 4.38. The van der Waals surface area contributed by atoms with Crippen molar-refractivity contribution >= 4 is 44.3 Å². The minimum atomic E-state index is -3.77. The van der Waals surface area contributed by atoms with E-state index in [0.717, 1.165) is 15.8 Å². The lowest BCUT2D eigenvalue weighted by Crippen LogP contribution is -2.17. The predicted octanol–water partition coefficient (Wildman–Crippen LogP) is 1.92. The van der Waals surface area contributed by atoms with Crippen molar-refractivity contribution < 1.29 is 13.2 Å². The number of hydrogen-bond donors (Lipinski definition) is 2. The van der Waals surface area contributed by atoms with Crippen LogP contribution in [0.1, 0.15) is 0 Å². The summed E-state index contributed by atoms with van der Waals surface area (Å²) in [5, 5.41) is 8.63. The SMILES string of the molecule is Cn1c(=O)cc(SCC(=O)Nc2ccc(S(N)(=O)=O)cc2)c2ccccc21. The molecule has 0 aliphatic carbocycles. The number of primary sulfonamides is 1. The van der Waals surface area contributed by atoms with Crippen LogP contribution in [0.5, 0.6) is 0 Å². The maximum Gasteiger partial charge on any atom is 0.251 e. The Morgan fingerprint density at radius 1 is 1.15 bits per heavy atom. The molecule has 0 saturated heterocycles. The largest absolute Gasteiger partial charge is 0.325 e. The second-order valence-electron chi connectivity index (χ2n) is 5.83. The van der Waals surface area contributed by atoms with Crippen LogP contribution in [-0.4, -0.2) is 24.6 Å². The van der Waals surface area contributed by atoms with E-state index in [1.165, 1.54) is 42.1 Å². The molecule has 0 aliphatic rings. The number of carbonyl (C=O) groups excluding carboxylic acids is 1. The second-order valence-corrected chi connectivity index (χ2v) is 8.41. The molecule has 2 aromatic carbocycles. The fraction of sp³-hybridized carbons (Fsp3) is 0.111. The highest BCUT2D eigenvalue weighted by Crippen LogP contribution is 2.26. The van der Waals surface area contributed by atoms with Gasteiger partial charge in [-0.25, -0.2) is 13.6 Å². The Kier molecular flexibility index (Phi) is 5.36. The number of nitrogens with two attached hydrogens (primary N) is 1. The highest BCUT2D eigenvalue weighted by Gasteiger charge is 2.11. The van der Waals surface area contributed by atoms with Crippen LogP contribution >= 0.6 is 11.8 Å². The maximum absolute atomic E-state index is 12.2. The summed E-state index contributed by atoms with van der Waals surface area (Å²) in [5.41, 5.74) is 1.11. The number of thioether (sulfide) groups is 1. The number of amides is 1. The highest BCUT2D eigenvalue weighted by molar-refractivity contribution is 8.00. The first-order chi connectivity index (χ1) is 12.8. The van der Waals surface area contributed by atoms with Crippen LogP contribution in [0.2, 0.25) is 0 Å². The lowest BCUT2D eigenvalue weighted by atomic mass is 10.2. The third-order valence-electron chi connectivity index (χ3n) is 3.94. The molecule has 27 heavy (non-hydrogen) atoms. The standard InChI is InChI=1S/C18H17N3O4S2/c1-21-15-5-3-2-4-14(15)16(10-18(21)23)26-11-17(22)20-12-6-8-13(9-7-12)27(19,24)25/h2-10H,11H2,1H3,(H,20,22)(H2,19,24,25). The van der Waals surface area contributed by atoms with Crippen molar-refractivity contribution in [3.8, 4) is 0 Å². The van der Waals surface area contributed by atoms with Crippen LogP contribution < -0.4 is 16.0 Å². The van der Waals surface area contributed by atoms with Crippen molar-refractivity contribution in [2.24, 2.45) is 12.2 Å². The minimum Gasteiger partial charge on any atom is -0.325 e. The molecule has 0 saturated carbocycles. The quantitative estimate of drug-likeness (QED) is 0.632. The number of nitrogens with zero attached hydrogens (tertiary/aromatic N) is 1. The molecule has 0 unspecified atom stereocenters. The Morgan fingerprint density at radius 2 is 1.81 bits per heavy atom. The number of sulfonamides is 1. The molecule has 7 nitrogen and oxygen atoms in total. The Labute approximate surface area is 160 Å². The molecule has 0 aliphatic heterocycles. The number of hydrogen-bond acceptors (Lipinski definition) is 5. The summed E-state index contributed by atoms with van der Waals surface area (Å²) < 4.78 is 24.1. The molecular formula is C18H17N3O4S2. The van der Waals surface area contributed by atoms with Gasteiger partial charge in [0.1, 0.15) is 0 Å². The topological polar surface area (TPSA) is 111 Å². The number of para-hydroxylation sites is 1. The predicted molar refractivity (Wildman–Crippen MR) is 106 cm³/mol. The van der Waals surface area contributed by atoms with Gasteiger partial charge in [-0.05, 0) is 30.3 Å². The average molecular weight is 403 g/mol. The number of rotatable bonds is 5. The number of benzene rings is 2. The second kappa shape index (κ2) is 7.55. The molecule has 3 aromatic rings. The molecule has 0 fully saturated rings. The monoisotopic (exact) mass is 403 g/mol. The van der Waals surface area contributed by atoms with Crippen molar-refractivity contribution in [3.63, 3.8) is 0 Å². The van der Waals surface area contributed by atoms with Gasteiger partial charge in [0.05, 0.1) is 16.2 Å². The first-order valence-electron chi connectivity index (χ1n) is 7.90. The summed E-state index contributed by atoms with van der Waals surface area (Å²) in [6.45, 7) is 0. The molecule has 0 atom stereocenters. The molecule has 0 radical (unpaired) electrons. The zero-order valence-corrected chi connectivity index (χ0v) is 16.0. The van der Waals surface area contributed by atoms with Gasteiger partial charge >= 0.3 is 0 Å². The van der Waals surface area contributed by atoms with Crippen molar-refractivity contribution in [2.75, 3.05) is 11.1 Å². The molecule has 1 aromatic heterocycles. The smallest absolute Gasteiger partial charge is 0.251 e. The zero-order chi connectivity index (χ0) is 19.6. The average Bonchev–Trinajstić information content (AvgIpc) is 2.63. The van der Waals surface area contributed by atoms with Crippen LogP contribution in [0.25, 0.3) is 10.9 Å². The van der Waals surface area contributed by atoms with Crippen LogP contribution in [0.4, 0.5) is 5.69 Å². The van der Waals surface area contributed by atoms with Crippen LogP contribution in [0.3, 0.4) is 0 Å². The van der Waals surface area contributed by atoms with Crippen LogP contribution in [0.15, 0.2) is 69.2 Å². The van der Waals surface area contributed by atoms with Crippen molar-refractivity contribution in [2.45, 2.75) is 9.79 Å². The number of nitrogens with one attached hydrogen (secondary N) is 1. The number of anilines is 1. The van der Waals surface area contributed by atoms with Gasteiger partial charge in [0.15, 0.2) is 0 Å². The molecule has 3 N–H and O–H groups in total. The molecular weight excluding hydrogens is 386 g/mol. The Bertz CT molecular complexity index is 1170. The number of fused-ring (bicyclic) bond motifs is 1. The van der Waals surface area contributed by atoms with E-state index in [1.54, 1.807) is 11.6 Å². The Morgan fingerprint density at radius 3 is 2.48 bits per heavy atom. The summed E-state index contributed by atoms with van der Waals surface area (Å²) in [7, 11) is -2.07. The van der Waals surface area contributed by atoms with Gasteiger partial charge in [-0.1, -0.05) is 18.2 Å². The van der Waals surface area contributed by atoms with Gasteiger partial charge < -0.3 is 9.88 Å². The number of pyridine rings is 1. The van der Waals surface area contributed by atoms with E-state index in [4.69, 9.17) is 5.14 Å². The molecule has 0 spiro atoms. The number of aryl methyl sites for hydroxylation is 1. The molecule has 3 rings (SSSR count). The third-order valence-corrected chi connectivity index (χ3v) is 5.93. The van der Waals surface area contributed by atoms with Gasteiger partial charge in [-0.2, -0.15) is 0 Å². The zero-order valence-electron chi connectivity index (χ0n) is 14.4. The Hall–Kier alpha value is -2.62. The van der Waals surface area contributed by atoms with E-state index in [0.29, 0.717) is 5.69 Å². The highest BCUT2D eigenvalue weighted by atomic mass is 32.2. The molecule has 1 amide bonds. The van der Waals surface area contributed by atoms with Crippen molar-refractivity contribution in [3.05, 3.63) is 65.0 Å². The lowest BCUT2D eigenvalue weighted by Gasteiger charge is -2.10. The normalized spacial score (nSPS) is 11.5. The van der Waals surface area contributed by atoms with Crippen molar-refractivity contribution in [1.29, 1.82) is 0 Å². The first-order valence-corrected chi connectivity index (χ1v) is 10.4. The fourth-order valence-electron chi connectivity index (χ4n) is 2.57. The van der Waals surface area contributed by atoms with Gasteiger partial charge in [-0.15, -0.1) is 11.8 Å². The number of aromatic nitrogens is 1. The summed E-state index contributed by atoms with van der Waals surface area (Å²) in [5.74, 6) is -0.165. The van der Waals surface area contributed by atoms with Crippen LogP contribution in [0, 0.1) is 0 Å². The van der Waals surface area contributed by atoms with Crippen molar-refractivity contribution in [1.82, 2.24) is 4.57 Å². The lowest BCUT2D eigenvalue weighted by molar-refractivity contribution is -0.113. The van der Waals surface area contributed by atoms with Gasteiger partial charge in [-0.3, -0.25) is 9.59 Å². The van der Waals surface area contributed by atoms with E-state index in [-0.39, 0.29) is 22.1 Å². The van der Waals surface area contributed by atoms with Gasteiger partial charge in [0.25, 0.3) is 5.56 Å². The minimum absolute atomic E-state index is 0.0264. The molecule has 0 bridgehead atoms. The summed E-state index contributed by atoms with van der Waals surface area (Å²) in [6, 6.07) is 14.6. The molecule has 9 heteroatoms. The molecule has 140 valence electrons. The van der Waals surface area contributed by atoms with E-state index in [9.17, 15) is 18.0 Å². The summed E-state index contributed by atoms with van der Waals surface area (Å²) in [4.78, 5) is 25.0. The van der Waals surface area contributed by atoms with E-state index in [1.807, 2.05) is 24.3 Å². The van der Waals surface area contributed by atoms with Crippen LogP contribution in [-0.2, 0) is 21.9 Å². The summed E-state index contributed by atoms with van der Waals surface area (Å²) >= 11 is 1.27. The summed E-state index contributed by atoms with van der Waals surface area (Å²) in [6.07, 6.45) is 0. The maximum atomic E-state index is 12.2.